The van der Waals surface area contributed by atoms with Crippen molar-refractivity contribution in [1.29, 1.82) is 0 Å². The zero-order valence-corrected chi connectivity index (χ0v) is 17.4. The number of urea groups is 1. The summed E-state index contributed by atoms with van der Waals surface area (Å²) < 4.78 is 0. The molecule has 1 N–H and O–H groups in total. The molecule has 150 valence electrons. The number of carbonyl (C=O) groups is 2. The van der Waals surface area contributed by atoms with E-state index >= 15 is 0 Å². The number of nitrogens with one attached hydrogen (secondary N) is 1. The van der Waals surface area contributed by atoms with E-state index in [1.54, 1.807) is 6.20 Å². The Hall–Kier alpha value is -1.63. The summed E-state index contributed by atoms with van der Waals surface area (Å²) in [7, 11) is 0. The van der Waals surface area contributed by atoms with E-state index in [1.807, 2.05) is 18.7 Å². The number of amides is 3. The second-order valence-corrected chi connectivity index (χ2v) is 9.00. The number of rotatable bonds is 5. The number of likely N-dealkylation sites (tertiary alicyclic amines) is 1. The molecule has 2 aliphatic rings. The highest BCUT2D eigenvalue weighted by molar-refractivity contribution is 7.15. The highest BCUT2D eigenvalue weighted by Crippen LogP contribution is 2.29. The van der Waals surface area contributed by atoms with Gasteiger partial charge in [0.1, 0.15) is 0 Å². The van der Waals surface area contributed by atoms with Gasteiger partial charge in [-0.05, 0) is 39.0 Å². The number of hydrogen-bond acceptors (Lipinski definition) is 4. The summed E-state index contributed by atoms with van der Waals surface area (Å²) in [5.74, 6) is 0.253. The minimum Gasteiger partial charge on any atom is -0.343 e. The first-order valence-corrected chi connectivity index (χ1v) is 11.2. The largest absolute Gasteiger partial charge is 0.343 e. The number of thiazole rings is 1. The molecule has 2 fully saturated rings. The molecule has 1 aromatic rings. The Balaban J connectivity index is 1.66. The minimum atomic E-state index is -0.0189. The summed E-state index contributed by atoms with van der Waals surface area (Å²) >= 11 is 1.51. The van der Waals surface area contributed by atoms with E-state index in [2.05, 4.69) is 15.2 Å². The standard InChI is InChI=1S/C20H32N4O2S/c1-3-7-18(25)23-12-10-17(11-13-23)24(16-8-5-4-6-9-16)20(26)22-19-21-14-15(2)27-19/h14,16-17H,3-13H2,1-2H3,(H,21,22,26). The van der Waals surface area contributed by atoms with Crippen molar-refractivity contribution in [3.8, 4) is 0 Å². The van der Waals surface area contributed by atoms with Crippen LogP contribution in [-0.4, -0.2) is 51.9 Å². The lowest BCUT2D eigenvalue weighted by Gasteiger charge is -2.43. The van der Waals surface area contributed by atoms with Crippen molar-refractivity contribution in [2.24, 2.45) is 0 Å². The van der Waals surface area contributed by atoms with Crippen molar-refractivity contribution < 1.29 is 9.59 Å². The molecule has 0 spiro atoms. The molecule has 0 unspecified atom stereocenters. The van der Waals surface area contributed by atoms with Crippen LogP contribution in [0.1, 0.15) is 69.6 Å². The van der Waals surface area contributed by atoms with Crippen molar-refractivity contribution >= 4 is 28.4 Å². The van der Waals surface area contributed by atoms with Gasteiger partial charge in [0.2, 0.25) is 5.91 Å². The highest BCUT2D eigenvalue weighted by Gasteiger charge is 2.34. The lowest BCUT2D eigenvalue weighted by Crippen LogP contribution is -2.54. The molecule has 7 heteroatoms. The van der Waals surface area contributed by atoms with Crippen LogP contribution >= 0.6 is 11.3 Å². The summed E-state index contributed by atoms with van der Waals surface area (Å²) in [6.07, 6.45) is 10.9. The maximum absolute atomic E-state index is 13.1. The van der Waals surface area contributed by atoms with Crippen LogP contribution in [0, 0.1) is 6.92 Å². The van der Waals surface area contributed by atoms with Crippen LogP contribution in [0.3, 0.4) is 0 Å². The van der Waals surface area contributed by atoms with Crippen LogP contribution in [0.2, 0.25) is 0 Å². The Labute approximate surface area is 166 Å². The van der Waals surface area contributed by atoms with Crippen molar-refractivity contribution in [2.45, 2.75) is 83.7 Å². The zero-order valence-electron chi connectivity index (χ0n) is 16.6. The van der Waals surface area contributed by atoms with E-state index < -0.39 is 0 Å². The SMILES string of the molecule is CCCC(=O)N1CCC(N(C(=O)Nc2ncc(C)s2)C2CCCCC2)CC1. The molecule has 2 heterocycles. The molecule has 3 amide bonds. The van der Waals surface area contributed by atoms with Gasteiger partial charge in [-0.3, -0.25) is 10.1 Å². The normalized spacial score (nSPS) is 19.1. The fraction of sp³-hybridized carbons (Fsp3) is 0.750. The van der Waals surface area contributed by atoms with Crippen LogP contribution in [0.5, 0.6) is 0 Å². The average molecular weight is 393 g/mol. The van der Waals surface area contributed by atoms with Crippen molar-refractivity contribution in [3.63, 3.8) is 0 Å². The Kier molecular flexibility index (Phi) is 7.10. The first kappa shape index (κ1) is 20.1. The Morgan fingerprint density at radius 2 is 1.85 bits per heavy atom. The molecule has 1 aliphatic carbocycles. The zero-order chi connectivity index (χ0) is 19.2. The molecule has 3 rings (SSSR count). The van der Waals surface area contributed by atoms with E-state index in [4.69, 9.17) is 0 Å². The van der Waals surface area contributed by atoms with Gasteiger partial charge >= 0.3 is 6.03 Å². The first-order valence-electron chi connectivity index (χ1n) is 10.4. The van der Waals surface area contributed by atoms with Crippen LogP contribution in [-0.2, 0) is 4.79 Å². The van der Waals surface area contributed by atoms with Gasteiger partial charge in [0.25, 0.3) is 0 Å². The van der Waals surface area contributed by atoms with Gasteiger partial charge in [-0.15, -0.1) is 11.3 Å². The van der Waals surface area contributed by atoms with E-state index in [9.17, 15) is 9.59 Å². The number of carbonyl (C=O) groups excluding carboxylic acids is 2. The Morgan fingerprint density at radius 1 is 1.19 bits per heavy atom. The predicted molar refractivity (Wildman–Crippen MR) is 109 cm³/mol. The van der Waals surface area contributed by atoms with Crippen LogP contribution in [0.15, 0.2) is 6.20 Å². The third-order valence-electron chi connectivity index (χ3n) is 5.71. The molecule has 0 atom stereocenters. The topological polar surface area (TPSA) is 65.5 Å². The monoisotopic (exact) mass is 392 g/mol. The highest BCUT2D eigenvalue weighted by atomic mass is 32.1. The molecule has 27 heavy (non-hydrogen) atoms. The minimum absolute atomic E-state index is 0.0189. The first-order chi connectivity index (χ1) is 13.1. The molecule has 1 aromatic heterocycles. The van der Waals surface area contributed by atoms with Crippen molar-refractivity contribution in [3.05, 3.63) is 11.1 Å². The maximum Gasteiger partial charge on any atom is 0.324 e. The van der Waals surface area contributed by atoms with Gasteiger partial charge in [-0.25, -0.2) is 9.78 Å². The lowest BCUT2D eigenvalue weighted by atomic mass is 9.91. The molecular weight excluding hydrogens is 360 g/mol. The third kappa shape index (κ3) is 5.21. The van der Waals surface area contributed by atoms with E-state index in [0.717, 1.165) is 50.1 Å². The maximum atomic E-state index is 13.1. The summed E-state index contributed by atoms with van der Waals surface area (Å²) in [4.78, 5) is 34.8. The summed E-state index contributed by atoms with van der Waals surface area (Å²) in [6.45, 7) is 5.56. The van der Waals surface area contributed by atoms with Gasteiger partial charge in [-0.2, -0.15) is 0 Å². The number of piperidine rings is 1. The van der Waals surface area contributed by atoms with Gasteiger partial charge in [0.15, 0.2) is 5.13 Å². The average Bonchev–Trinajstić information content (AvgIpc) is 3.08. The molecule has 0 aromatic carbocycles. The molecule has 1 saturated heterocycles. The summed E-state index contributed by atoms with van der Waals surface area (Å²) in [5.41, 5.74) is 0. The summed E-state index contributed by atoms with van der Waals surface area (Å²) in [6, 6.07) is 0.497. The van der Waals surface area contributed by atoms with Crippen LogP contribution in [0.25, 0.3) is 0 Å². The summed E-state index contributed by atoms with van der Waals surface area (Å²) in [5, 5.41) is 3.70. The second kappa shape index (κ2) is 9.53. The quantitative estimate of drug-likeness (QED) is 0.807. The molecule has 0 bridgehead atoms. The fourth-order valence-electron chi connectivity index (χ4n) is 4.32. The smallest absolute Gasteiger partial charge is 0.324 e. The fourth-order valence-corrected chi connectivity index (χ4v) is 4.98. The van der Waals surface area contributed by atoms with Crippen molar-refractivity contribution in [1.82, 2.24) is 14.8 Å². The number of anilines is 1. The van der Waals surface area contributed by atoms with Gasteiger partial charge in [-0.1, -0.05) is 26.2 Å². The Bertz CT molecular complexity index is 634. The van der Waals surface area contributed by atoms with Crippen LogP contribution < -0.4 is 5.32 Å². The van der Waals surface area contributed by atoms with Crippen LogP contribution in [0.4, 0.5) is 9.93 Å². The number of aromatic nitrogens is 1. The van der Waals surface area contributed by atoms with Crippen molar-refractivity contribution in [2.75, 3.05) is 18.4 Å². The lowest BCUT2D eigenvalue weighted by molar-refractivity contribution is -0.132. The van der Waals surface area contributed by atoms with E-state index in [1.165, 1.54) is 30.6 Å². The van der Waals surface area contributed by atoms with Gasteiger partial charge < -0.3 is 9.80 Å². The molecular formula is C20H32N4O2S. The second-order valence-electron chi connectivity index (χ2n) is 7.77. The number of hydrogen-bond donors (Lipinski definition) is 1. The predicted octanol–water partition coefficient (Wildman–Crippen LogP) is 4.41. The molecule has 1 saturated carbocycles. The Morgan fingerprint density at radius 3 is 2.44 bits per heavy atom. The molecule has 0 radical (unpaired) electrons. The number of nitrogens with zero attached hydrogens (tertiary/aromatic N) is 3. The van der Waals surface area contributed by atoms with Gasteiger partial charge in [0, 0.05) is 42.7 Å². The molecule has 1 aliphatic heterocycles. The number of aryl methyl sites for hydroxylation is 1. The van der Waals surface area contributed by atoms with E-state index in [0.29, 0.717) is 17.6 Å². The third-order valence-corrected chi connectivity index (χ3v) is 6.54. The van der Waals surface area contributed by atoms with E-state index in [-0.39, 0.29) is 18.0 Å². The molecule has 6 nitrogen and oxygen atoms in total. The van der Waals surface area contributed by atoms with Gasteiger partial charge in [0.05, 0.1) is 0 Å².